The van der Waals surface area contributed by atoms with Crippen LogP contribution in [0.4, 0.5) is 0 Å². The van der Waals surface area contributed by atoms with E-state index in [1.54, 1.807) is 24.5 Å². The van der Waals surface area contributed by atoms with Crippen molar-refractivity contribution in [1.29, 1.82) is 0 Å². The summed E-state index contributed by atoms with van der Waals surface area (Å²) in [6, 6.07) is 14.5. The Morgan fingerprint density at radius 1 is 1.12 bits per heavy atom. The molecule has 0 aliphatic rings. The first kappa shape index (κ1) is 18.2. The third-order valence-electron chi connectivity index (χ3n) is 3.48. The molecule has 126 valence electrons. The number of nitrogens with zero attached hydrogens (tertiary/aromatic N) is 2. The van der Waals surface area contributed by atoms with E-state index >= 15 is 0 Å². The van der Waals surface area contributed by atoms with Gasteiger partial charge in [-0.05, 0) is 36.4 Å². The molecule has 1 N–H and O–H groups in total. The second-order valence-corrected chi connectivity index (χ2v) is 6.93. The van der Waals surface area contributed by atoms with Crippen LogP contribution < -0.4 is 5.32 Å². The van der Waals surface area contributed by atoms with Crippen molar-refractivity contribution in [1.82, 2.24) is 14.3 Å². The lowest BCUT2D eigenvalue weighted by Gasteiger charge is -2.10. The third-order valence-corrected chi connectivity index (χ3v) is 5.14. The lowest BCUT2D eigenvalue weighted by atomic mass is 10.1. The average molecular weight is 364 g/mol. The van der Waals surface area contributed by atoms with Crippen LogP contribution in [0.1, 0.15) is 5.56 Å². The highest BCUT2D eigenvalue weighted by atomic mass is 35.5. The molecule has 0 radical (unpaired) electrons. The van der Waals surface area contributed by atoms with E-state index in [2.05, 4.69) is 10.3 Å². The monoisotopic (exact) mass is 363 g/mol. The van der Waals surface area contributed by atoms with Gasteiger partial charge in [0, 0.05) is 25.1 Å². The minimum absolute atomic E-state index is 0. The van der Waals surface area contributed by atoms with Crippen molar-refractivity contribution in [3.63, 3.8) is 0 Å². The zero-order valence-electron chi connectivity index (χ0n) is 13.1. The summed E-state index contributed by atoms with van der Waals surface area (Å²) in [5, 5.41) is 3.05. The normalized spacial score (nSPS) is 11.0. The van der Waals surface area contributed by atoms with Gasteiger partial charge in [-0.25, -0.2) is 12.4 Å². The quantitative estimate of drug-likeness (QED) is 0.757. The Bertz CT molecular complexity index is 894. The van der Waals surface area contributed by atoms with E-state index in [9.17, 15) is 8.42 Å². The molecule has 0 aliphatic carbocycles. The van der Waals surface area contributed by atoms with Crippen molar-refractivity contribution < 1.29 is 8.42 Å². The lowest BCUT2D eigenvalue weighted by molar-refractivity contribution is 0.587. The number of pyridine rings is 1. The molecule has 2 heterocycles. The predicted octanol–water partition coefficient (Wildman–Crippen LogP) is 2.93. The van der Waals surface area contributed by atoms with Crippen LogP contribution in [0.2, 0.25) is 0 Å². The molecule has 3 aromatic rings. The molecule has 0 bridgehead atoms. The van der Waals surface area contributed by atoms with Crippen molar-refractivity contribution in [3.05, 3.63) is 72.7 Å². The second kappa shape index (κ2) is 7.61. The summed E-state index contributed by atoms with van der Waals surface area (Å²) >= 11 is 0. The van der Waals surface area contributed by atoms with E-state index in [0.717, 1.165) is 11.1 Å². The minimum Gasteiger partial charge on any atom is -0.316 e. The summed E-state index contributed by atoms with van der Waals surface area (Å²) in [4.78, 5) is 4.09. The molecule has 0 atom stereocenters. The van der Waals surface area contributed by atoms with E-state index in [1.807, 2.05) is 43.4 Å². The first-order chi connectivity index (χ1) is 11.1. The smallest absolute Gasteiger partial charge is 0.269 e. The van der Waals surface area contributed by atoms with Gasteiger partial charge < -0.3 is 5.32 Å². The maximum absolute atomic E-state index is 12.9. The topological polar surface area (TPSA) is 64.0 Å². The van der Waals surface area contributed by atoms with Crippen LogP contribution in [0.3, 0.4) is 0 Å². The van der Waals surface area contributed by atoms with Gasteiger partial charge in [-0.2, -0.15) is 0 Å². The van der Waals surface area contributed by atoms with Gasteiger partial charge in [-0.3, -0.25) is 4.98 Å². The largest absolute Gasteiger partial charge is 0.316 e. The molecule has 0 aliphatic heterocycles. The highest BCUT2D eigenvalue weighted by molar-refractivity contribution is 7.90. The standard InChI is InChI=1S/C17H17N3O2S.ClH/c1-18-11-14-10-17(15-6-3-2-4-7-15)20(13-14)23(21,22)16-8-5-9-19-12-16;/h2-10,12-13,18H,11H2,1H3;1H. The molecule has 3 rings (SSSR count). The summed E-state index contributed by atoms with van der Waals surface area (Å²) in [6.45, 7) is 0.593. The van der Waals surface area contributed by atoms with E-state index in [4.69, 9.17) is 0 Å². The predicted molar refractivity (Wildman–Crippen MR) is 96.7 cm³/mol. The van der Waals surface area contributed by atoms with Crippen LogP contribution in [0.25, 0.3) is 11.3 Å². The molecule has 5 nitrogen and oxygen atoms in total. The zero-order valence-corrected chi connectivity index (χ0v) is 14.7. The Kier molecular flexibility index (Phi) is 5.77. The molecule has 1 aromatic carbocycles. The van der Waals surface area contributed by atoms with Crippen LogP contribution in [-0.4, -0.2) is 24.4 Å². The van der Waals surface area contributed by atoms with Crippen LogP contribution in [0, 0.1) is 0 Å². The first-order valence-corrected chi connectivity index (χ1v) is 8.64. The fourth-order valence-corrected chi connectivity index (χ4v) is 3.79. The lowest BCUT2D eigenvalue weighted by Crippen LogP contribution is -2.13. The van der Waals surface area contributed by atoms with E-state index < -0.39 is 10.0 Å². The van der Waals surface area contributed by atoms with Crippen molar-refractivity contribution in [3.8, 4) is 11.3 Å². The maximum atomic E-state index is 12.9. The van der Waals surface area contributed by atoms with Crippen LogP contribution in [0.5, 0.6) is 0 Å². The Hall–Kier alpha value is -2.15. The fraction of sp³-hybridized carbons (Fsp3) is 0.118. The van der Waals surface area contributed by atoms with Crippen molar-refractivity contribution >= 4 is 22.4 Å². The van der Waals surface area contributed by atoms with Crippen LogP contribution in [-0.2, 0) is 16.6 Å². The summed E-state index contributed by atoms with van der Waals surface area (Å²) in [7, 11) is -1.86. The van der Waals surface area contributed by atoms with Gasteiger partial charge in [-0.1, -0.05) is 30.3 Å². The van der Waals surface area contributed by atoms with Gasteiger partial charge in [0.2, 0.25) is 0 Å². The molecular weight excluding hydrogens is 346 g/mol. The molecule has 0 saturated heterocycles. The number of hydrogen-bond acceptors (Lipinski definition) is 4. The Balaban J connectivity index is 0.00000208. The average Bonchev–Trinajstić information content (AvgIpc) is 3.02. The summed E-state index contributed by atoms with van der Waals surface area (Å²) in [6.07, 6.45) is 4.57. The van der Waals surface area contributed by atoms with Gasteiger partial charge in [0.25, 0.3) is 10.0 Å². The van der Waals surface area contributed by atoms with E-state index in [0.29, 0.717) is 12.2 Å². The van der Waals surface area contributed by atoms with Crippen molar-refractivity contribution in [2.24, 2.45) is 0 Å². The number of rotatable bonds is 5. The van der Waals surface area contributed by atoms with E-state index in [-0.39, 0.29) is 17.3 Å². The molecule has 24 heavy (non-hydrogen) atoms. The van der Waals surface area contributed by atoms with Gasteiger partial charge in [0.05, 0.1) is 5.69 Å². The third kappa shape index (κ3) is 3.51. The van der Waals surface area contributed by atoms with Crippen molar-refractivity contribution in [2.75, 3.05) is 7.05 Å². The number of halogens is 1. The number of nitrogens with one attached hydrogen (secondary N) is 1. The van der Waals surface area contributed by atoms with E-state index in [1.165, 1.54) is 10.2 Å². The Labute approximate surface area is 147 Å². The highest BCUT2D eigenvalue weighted by Gasteiger charge is 2.21. The highest BCUT2D eigenvalue weighted by Crippen LogP contribution is 2.26. The Morgan fingerprint density at radius 2 is 1.88 bits per heavy atom. The van der Waals surface area contributed by atoms with Gasteiger partial charge in [-0.15, -0.1) is 12.4 Å². The van der Waals surface area contributed by atoms with Gasteiger partial charge in [0.1, 0.15) is 4.90 Å². The van der Waals surface area contributed by atoms with Crippen molar-refractivity contribution in [2.45, 2.75) is 11.4 Å². The molecule has 7 heteroatoms. The summed E-state index contributed by atoms with van der Waals surface area (Å²) in [5.74, 6) is 0. The number of aromatic nitrogens is 2. The van der Waals surface area contributed by atoms with Gasteiger partial charge in [0.15, 0.2) is 0 Å². The van der Waals surface area contributed by atoms with Crippen LogP contribution in [0.15, 0.2) is 72.0 Å². The first-order valence-electron chi connectivity index (χ1n) is 7.20. The SMILES string of the molecule is CNCc1cc(-c2ccccc2)n(S(=O)(=O)c2cccnc2)c1.Cl. The molecule has 2 aromatic heterocycles. The molecular formula is C17H18ClN3O2S. The van der Waals surface area contributed by atoms with Crippen LogP contribution >= 0.6 is 12.4 Å². The maximum Gasteiger partial charge on any atom is 0.269 e. The molecule has 0 saturated carbocycles. The summed E-state index contributed by atoms with van der Waals surface area (Å²) < 4.78 is 27.2. The number of benzene rings is 1. The van der Waals surface area contributed by atoms with Gasteiger partial charge >= 0.3 is 0 Å². The molecule has 0 amide bonds. The zero-order chi connectivity index (χ0) is 16.3. The molecule has 0 fully saturated rings. The molecule has 0 unspecified atom stereocenters. The second-order valence-electron chi connectivity index (χ2n) is 5.12. The minimum atomic E-state index is -3.69. The fourth-order valence-electron chi connectivity index (χ4n) is 2.43. The number of hydrogen-bond donors (Lipinski definition) is 1. The summed E-state index contributed by atoms with van der Waals surface area (Å²) in [5.41, 5.74) is 2.39. The molecule has 0 spiro atoms. The Morgan fingerprint density at radius 3 is 2.50 bits per heavy atom.